The van der Waals surface area contributed by atoms with E-state index >= 15 is 0 Å². The van der Waals surface area contributed by atoms with Gasteiger partial charge in [-0.1, -0.05) is 12.8 Å². The monoisotopic (exact) mass is 155 g/mol. The zero-order valence-electron chi connectivity index (χ0n) is 6.92. The minimum atomic E-state index is -0.374. The first-order valence-electron chi connectivity index (χ1n) is 4.66. The summed E-state index contributed by atoms with van der Waals surface area (Å²) < 4.78 is 0. The summed E-state index contributed by atoms with van der Waals surface area (Å²) >= 11 is 0. The van der Waals surface area contributed by atoms with Gasteiger partial charge in [0, 0.05) is 6.04 Å². The zero-order chi connectivity index (χ0) is 7.90. The van der Waals surface area contributed by atoms with Gasteiger partial charge in [-0.25, -0.2) is 0 Å². The Morgan fingerprint density at radius 1 is 1.36 bits per heavy atom. The molecule has 64 valence electrons. The normalized spacial score (nSPS) is 50.7. The van der Waals surface area contributed by atoms with Gasteiger partial charge >= 0.3 is 0 Å². The van der Waals surface area contributed by atoms with Crippen LogP contribution in [0.2, 0.25) is 0 Å². The molecule has 2 saturated carbocycles. The summed E-state index contributed by atoms with van der Waals surface area (Å²) in [7, 11) is 0. The Morgan fingerprint density at radius 3 is 2.91 bits per heavy atom. The van der Waals surface area contributed by atoms with Crippen LogP contribution in [0.3, 0.4) is 0 Å². The Kier molecular flexibility index (Phi) is 1.69. The smallest absolute Gasteiger partial charge is 0.0665 e. The third-order valence-electron chi connectivity index (χ3n) is 3.20. The molecular weight excluding hydrogens is 138 g/mol. The number of aliphatic hydroxyl groups is 1. The first-order chi connectivity index (χ1) is 5.18. The molecule has 0 amide bonds. The van der Waals surface area contributed by atoms with E-state index < -0.39 is 0 Å². The van der Waals surface area contributed by atoms with Gasteiger partial charge in [-0.3, -0.25) is 0 Å². The van der Waals surface area contributed by atoms with Gasteiger partial charge < -0.3 is 10.8 Å². The van der Waals surface area contributed by atoms with E-state index in [-0.39, 0.29) is 11.6 Å². The molecule has 0 spiro atoms. The highest BCUT2D eigenvalue weighted by molar-refractivity contribution is 4.95. The number of hydrogen-bond acceptors (Lipinski definition) is 2. The fourth-order valence-electron chi connectivity index (χ4n) is 2.85. The molecule has 3 N–H and O–H groups in total. The molecule has 11 heavy (non-hydrogen) atoms. The molecule has 2 bridgehead atoms. The van der Waals surface area contributed by atoms with Crippen molar-refractivity contribution in [2.24, 2.45) is 11.7 Å². The van der Waals surface area contributed by atoms with Crippen LogP contribution in [0.1, 0.15) is 38.5 Å². The summed E-state index contributed by atoms with van der Waals surface area (Å²) in [4.78, 5) is 0. The molecular formula is C9H17NO. The molecule has 0 saturated heterocycles. The largest absolute Gasteiger partial charge is 0.390 e. The first kappa shape index (κ1) is 7.56. The molecule has 3 atom stereocenters. The van der Waals surface area contributed by atoms with Crippen LogP contribution >= 0.6 is 0 Å². The first-order valence-corrected chi connectivity index (χ1v) is 4.66. The Morgan fingerprint density at radius 2 is 2.18 bits per heavy atom. The molecule has 2 heteroatoms. The zero-order valence-corrected chi connectivity index (χ0v) is 6.92. The minimum absolute atomic E-state index is 0.263. The Hall–Kier alpha value is -0.0800. The second kappa shape index (κ2) is 2.46. The highest BCUT2D eigenvalue weighted by Gasteiger charge is 2.40. The van der Waals surface area contributed by atoms with Crippen molar-refractivity contribution in [3.05, 3.63) is 0 Å². The molecule has 2 aliphatic carbocycles. The SMILES string of the molecule is N[C@H]1C[C@H]2CCC[C@@](O)(C1)C2. The molecule has 2 aliphatic rings. The predicted octanol–water partition coefficient (Wildman–Crippen LogP) is 1.03. The van der Waals surface area contributed by atoms with Crippen molar-refractivity contribution >= 4 is 0 Å². The van der Waals surface area contributed by atoms with Gasteiger partial charge in [0.05, 0.1) is 5.60 Å². The van der Waals surface area contributed by atoms with E-state index in [1.54, 1.807) is 0 Å². The van der Waals surface area contributed by atoms with Crippen LogP contribution in [0.5, 0.6) is 0 Å². The number of hydrogen-bond donors (Lipinski definition) is 2. The van der Waals surface area contributed by atoms with E-state index in [0.717, 1.165) is 31.6 Å². The summed E-state index contributed by atoms with van der Waals surface area (Å²) in [6.07, 6.45) is 6.47. The van der Waals surface area contributed by atoms with E-state index in [9.17, 15) is 5.11 Å². The summed E-state index contributed by atoms with van der Waals surface area (Å²) in [5.74, 6) is 0.720. The van der Waals surface area contributed by atoms with Crippen molar-refractivity contribution in [3.8, 4) is 0 Å². The topological polar surface area (TPSA) is 46.2 Å². The average Bonchev–Trinajstić information content (AvgIpc) is 1.82. The number of fused-ring (bicyclic) bond motifs is 2. The van der Waals surface area contributed by atoms with E-state index in [1.807, 2.05) is 0 Å². The van der Waals surface area contributed by atoms with E-state index in [0.29, 0.717) is 0 Å². The molecule has 0 aromatic carbocycles. The molecule has 0 heterocycles. The maximum absolute atomic E-state index is 9.99. The Balaban J connectivity index is 2.09. The lowest BCUT2D eigenvalue weighted by atomic mass is 9.68. The number of rotatable bonds is 0. The molecule has 0 radical (unpaired) electrons. The van der Waals surface area contributed by atoms with Crippen molar-refractivity contribution in [1.29, 1.82) is 0 Å². The van der Waals surface area contributed by atoms with Crippen LogP contribution in [0.15, 0.2) is 0 Å². The fourth-order valence-corrected chi connectivity index (χ4v) is 2.85. The van der Waals surface area contributed by atoms with E-state index in [4.69, 9.17) is 5.73 Å². The molecule has 2 rings (SSSR count). The number of nitrogens with two attached hydrogens (primary N) is 1. The maximum Gasteiger partial charge on any atom is 0.0665 e. The van der Waals surface area contributed by atoms with Gasteiger partial charge in [0.25, 0.3) is 0 Å². The van der Waals surface area contributed by atoms with Crippen LogP contribution in [0.25, 0.3) is 0 Å². The van der Waals surface area contributed by atoms with Crippen molar-refractivity contribution < 1.29 is 5.11 Å². The third-order valence-corrected chi connectivity index (χ3v) is 3.20. The second-order valence-corrected chi connectivity index (χ2v) is 4.39. The van der Waals surface area contributed by atoms with Gasteiger partial charge in [0.15, 0.2) is 0 Å². The highest BCUT2D eigenvalue weighted by Crippen LogP contribution is 2.41. The van der Waals surface area contributed by atoms with Crippen molar-refractivity contribution in [3.63, 3.8) is 0 Å². The van der Waals surface area contributed by atoms with Gasteiger partial charge in [-0.15, -0.1) is 0 Å². The van der Waals surface area contributed by atoms with Gasteiger partial charge in [-0.2, -0.15) is 0 Å². The van der Waals surface area contributed by atoms with Gasteiger partial charge in [-0.05, 0) is 31.6 Å². The van der Waals surface area contributed by atoms with Crippen molar-refractivity contribution in [1.82, 2.24) is 0 Å². The Labute approximate surface area is 67.8 Å². The lowest BCUT2D eigenvalue weighted by Gasteiger charge is -2.44. The predicted molar refractivity (Wildman–Crippen MR) is 44.1 cm³/mol. The molecule has 0 aromatic heterocycles. The summed E-state index contributed by atoms with van der Waals surface area (Å²) in [6.45, 7) is 0. The van der Waals surface area contributed by atoms with Crippen LogP contribution in [-0.4, -0.2) is 16.7 Å². The fraction of sp³-hybridized carbons (Fsp3) is 1.00. The van der Waals surface area contributed by atoms with Gasteiger partial charge in [0.2, 0.25) is 0 Å². The van der Waals surface area contributed by atoms with Crippen LogP contribution < -0.4 is 5.73 Å². The summed E-state index contributed by atoms with van der Waals surface area (Å²) in [5, 5.41) is 9.99. The van der Waals surface area contributed by atoms with E-state index in [1.165, 1.54) is 12.8 Å². The standard InChI is InChI=1S/C9H17NO/c10-8-4-7-2-1-3-9(11,5-7)6-8/h7-8,11H,1-6,10H2/t7-,8+,9+/m1/s1. The molecule has 2 nitrogen and oxygen atoms in total. The third kappa shape index (κ3) is 1.42. The van der Waals surface area contributed by atoms with Crippen molar-refractivity contribution in [2.45, 2.75) is 50.2 Å². The molecule has 0 unspecified atom stereocenters. The van der Waals surface area contributed by atoms with Crippen LogP contribution in [0, 0.1) is 5.92 Å². The van der Waals surface area contributed by atoms with Crippen LogP contribution in [0.4, 0.5) is 0 Å². The van der Waals surface area contributed by atoms with Gasteiger partial charge in [0.1, 0.15) is 0 Å². The molecule has 0 aliphatic heterocycles. The lowest BCUT2D eigenvalue weighted by Crippen LogP contribution is -2.47. The second-order valence-electron chi connectivity index (χ2n) is 4.39. The average molecular weight is 155 g/mol. The molecule has 2 fully saturated rings. The Bertz CT molecular complexity index is 156. The summed E-state index contributed by atoms with van der Waals surface area (Å²) in [6, 6.07) is 0.263. The highest BCUT2D eigenvalue weighted by atomic mass is 16.3. The quantitative estimate of drug-likeness (QED) is 0.549. The molecule has 0 aromatic rings. The minimum Gasteiger partial charge on any atom is -0.390 e. The van der Waals surface area contributed by atoms with Crippen molar-refractivity contribution in [2.75, 3.05) is 0 Å². The summed E-state index contributed by atoms with van der Waals surface area (Å²) in [5.41, 5.74) is 5.48. The van der Waals surface area contributed by atoms with Crippen LogP contribution in [-0.2, 0) is 0 Å². The van der Waals surface area contributed by atoms with E-state index in [2.05, 4.69) is 0 Å². The lowest BCUT2D eigenvalue weighted by molar-refractivity contribution is -0.0532. The maximum atomic E-state index is 9.99.